The molecular formula is C22H29N5OS. The highest BCUT2D eigenvalue weighted by molar-refractivity contribution is 7.12. The van der Waals surface area contributed by atoms with Crippen molar-refractivity contribution in [1.29, 1.82) is 0 Å². The number of nitrogens with two attached hydrogens (primary N) is 1. The first-order valence-corrected chi connectivity index (χ1v) is 11.1. The summed E-state index contributed by atoms with van der Waals surface area (Å²) < 4.78 is 1.79. The topological polar surface area (TPSA) is 85.8 Å². The number of carbonyl (C=O) groups excluding carboxylic acids is 1. The van der Waals surface area contributed by atoms with E-state index in [-0.39, 0.29) is 5.91 Å². The molecule has 0 aliphatic rings. The molecule has 3 N–H and O–H groups in total. The highest BCUT2D eigenvalue weighted by Gasteiger charge is 2.18. The molecule has 0 aliphatic heterocycles. The molecule has 0 aliphatic carbocycles. The van der Waals surface area contributed by atoms with Crippen LogP contribution in [-0.2, 0) is 6.42 Å². The number of nitrogens with zero attached hydrogens (tertiary/aromatic N) is 3. The summed E-state index contributed by atoms with van der Waals surface area (Å²) in [6.45, 7) is 5.51. The Labute approximate surface area is 176 Å². The first-order chi connectivity index (χ1) is 14.1. The normalized spacial score (nSPS) is 11.0. The first-order valence-electron chi connectivity index (χ1n) is 10.2. The zero-order valence-corrected chi connectivity index (χ0v) is 18.0. The number of benzene rings is 1. The summed E-state index contributed by atoms with van der Waals surface area (Å²) in [5.74, 6) is -0.0674. The van der Waals surface area contributed by atoms with E-state index in [0.29, 0.717) is 18.5 Å². The van der Waals surface area contributed by atoms with E-state index in [0.717, 1.165) is 54.3 Å². The van der Waals surface area contributed by atoms with Gasteiger partial charge in [0.05, 0.1) is 23.1 Å². The summed E-state index contributed by atoms with van der Waals surface area (Å²) in [7, 11) is 0. The number of amides is 1. The molecule has 6 nitrogen and oxygen atoms in total. The monoisotopic (exact) mass is 411 g/mol. The third-order valence-electron chi connectivity index (χ3n) is 4.89. The van der Waals surface area contributed by atoms with Crippen LogP contribution in [0, 0.1) is 6.92 Å². The van der Waals surface area contributed by atoms with E-state index in [4.69, 9.17) is 10.7 Å². The van der Waals surface area contributed by atoms with Gasteiger partial charge in [0, 0.05) is 17.5 Å². The van der Waals surface area contributed by atoms with Gasteiger partial charge < -0.3 is 11.1 Å². The molecule has 29 heavy (non-hydrogen) atoms. The third kappa shape index (κ3) is 5.31. The van der Waals surface area contributed by atoms with Gasteiger partial charge in [-0.05, 0) is 32.7 Å². The first kappa shape index (κ1) is 21.2. The zero-order chi connectivity index (χ0) is 20.6. The Morgan fingerprint density at radius 1 is 1.17 bits per heavy atom. The van der Waals surface area contributed by atoms with E-state index in [1.165, 1.54) is 16.9 Å². The number of aromatic nitrogens is 3. The molecule has 2 aromatic heterocycles. The predicted molar refractivity (Wildman–Crippen MR) is 119 cm³/mol. The number of hydrogen-bond donors (Lipinski definition) is 2. The molecule has 3 aromatic rings. The molecule has 3 rings (SSSR count). The summed E-state index contributed by atoms with van der Waals surface area (Å²) >= 11 is 1.53. The van der Waals surface area contributed by atoms with Crippen molar-refractivity contribution in [2.75, 3.05) is 13.1 Å². The summed E-state index contributed by atoms with van der Waals surface area (Å²) in [4.78, 5) is 17.4. The number of aryl methyl sites for hydroxylation is 1. The number of hydrogen-bond acceptors (Lipinski definition) is 5. The Bertz CT molecular complexity index is 929. The van der Waals surface area contributed by atoms with E-state index < -0.39 is 0 Å². The van der Waals surface area contributed by atoms with Gasteiger partial charge >= 0.3 is 0 Å². The minimum Gasteiger partial charge on any atom is -0.352 e. The molecule has 1 amide bonds. The number of thiazole rings is 1. The summed E-state index contributed by atoms with van der Waals surface area (Å²) in [6, 6.07) is 8.31. The van der Waals surface area contributed by atoms with Gasteiger partial charge in [0.15, 0.2) is 0 Å². The van der Waals surface area contributed by atoms with E-state index >= 15 is 0 Å². The Morgan fingerprint density at radius 3 is 2.66 bits per heavy atom. The molecule has 0 unspecified atom stereocenters. The van der Waals surface area contributed by atoms with Crippen molar-refractivity contribution in [3.05, 3.63) is 52.7 Å². The van der Waals surface area contributed by atoms with Crippen molar-refractivity contribution >= 4 is 17.2 Å². The number of carbonyl (C=O) groups is 1. The van der Waals surface area contributed by atoms with Gasteiger partial charge in [-0.1, -0.05) is 49.6 Å². The summed E-state index contributed by atoms with van der Waals surface area (Å²) in [6.07, 6.45) is 6.55. The fourth-order valence-corrected chi connectivity index (χ4v) is 4.02. The van der Waals surface area contributed by atoms with Gasteiger partial charge in [-0.25, -0.2) is 9.67 Å². The maximum absolute atomic E-state index is 12.6. The second-order valence-corrected chi connectivity index (χ2v) is 7.95. The van der Waals surface area contributed by atoms with Gasteiger partial charge in [0.1, 0.15) is 0 Å². The smallest absolute Gasteiger partial charge is 0.254 e. The Hall–Kier alpha value is -2.51. The van der Waals surface area contributed by atoms with Gasteiger partial charge in [0.2, 0.25) is 5.13 Å². The van der Waals surface area contributed by atoms with Gasteiger partial charge in [-0.2, -0.15) is 5.10 Å². The maximum Gasteiger partial charge on any atom is 0.254 e. The van der Waals surface area contributed by atoms with E-state index in [2.05, 4.69) is 41.6 Å². The highest BCUT2D eigenvalue weighted by atomic mass is 32.1. The standard InChI is InChI=1S/C22H29N5OS/c1-3-20-18(21(28)24-13-7-5-4-6-12-23)14-25-27(20)22-26-19(15-29-22)17-10-8-16(2)9-11-17/h8-11,14-15H,3-7,12-13,23H2,1-2H3,(H,24,28). The number of rotatable bonds is 10. The Balaban J connectivity index is 1.69. The van der Waals surface area contributed by atoms with Crippen molar-refractivity contribution in [2.45, 2.75) is 46.0 Å². The lowest BCUT2D eigenvalue weighted by Gasteiger charge is -2.07. The third-order valence-corrected chi connectivity index (χ3v) is 5.70. The van der Waals surface area contributed by atoms with Crippen molar-refractivity contribution < 1.29 is 4.79 Å². The second-order valence-electron chi connectivity index (χ2n) is 7.11. The molecule has 0 spiro atoms. The molecule has 0 bridgehead atoms. The second kappa shape index (κ2) is 10.3. The average Bonchev–Trinajstić information content (AvgIpc) is 3.37. The van der Waals surface area contributed by atoms with Crippen LogP contribution < -0.4 is 11.1 Å². The van der Waals surface area contributed by atoms with Gasteiger partial charge in [-0.15, -0.1) is 11.3 Å². The fourth-order valence-electron chi connectivity index (χ4n) is 3.21. The fraction of sp³-hybridized carbons (Fsp3) is 0.409. The maximum atomic E-state index is 12.6. The average molecular weight is 412 g/mol. The molecule has 2 heterocycles. The van der Waals surface area contributed by atoms with Crippen LogP contribution in [0.4, 0.5) is 0 Å². The van der Waals surface area contributed by atoms with Crippen molar-refractivity contribution in [1.82, 2.24) is 20.1 Å². The SMILES string of the molecule is CCc1c(C(=O)NCCCCCCN)cnn1-c1nc(-c2ccc(C)cc2)cs1. The van der Waals surface area contributed by atoms with Gasteiger partial charge in [-0.3, -0.25) is 4.79 Å². The highest BCUT2D eigenvalue weighted by Crippen LogP contribution is 2.26. The molecule has 1 aromatic carbocycles. The molecule has 0 atom stereocenters. The predicted octanol–water partition coefficient (Wildman–Crippen LogP) is 4.12. The minimum atomic E-state index is -0.0674. The number of nitrogens with one attached hydrogen (secondary N) is 1. The van der Waals surface area contributed by atoms with Crippen LogP contribution in [0.2, 0.25) is 0 Å². The molecule has 154 valence electrons. The molecule has 7 heteroatoms. The lowest BCUT2D eigenvalue weighted by Crippen LogP contribution is -2.25. The van der Waals surface area contributed by atoms with E-state index in [9.17, 15) is 4.79 Å². The van der Waals surface area contributed by atoms with Crippen LogP contribution in [0.1, 0.15) is 54.2 Å². The number of unbranched alkanes of at least 4 members (excludes halogenated alkanes) is 3. The molecule has 0 saturated heterocycles. The minimum absolute atomic E-state index is 0.0674. The van der Waals surface area contributed by atoms with Crippen LogP contribution in [0.15, 0.2) is 35.8 Å². The van der Waals surface area contributed by atoms with Crippen LogP contribution >= 0.6 is 11.3 Å². The lowest BCUT2D eigenvalue weighted by molar-refractivity contribution is 0.0952. The van der Waals surface area contributed by atoms with Crippen LogP contribution in [0.5, 0.6) is 0 Å². The van der Waals surface area contributed by atoms with Crippen molar-refractivity contribution in [2.24, 2.45) is 5.73 Å². The largest absolute Gasteiger partial charge is 0.352 e. The Morgan fingerprint density at radius 2 is 1.93 bits per heavy atom. The quantitative estimate of drug-likeness (QED) is 0.492. The van der Waals surface area contributed by atoms with Crippen molar-refractivity contribution in [3.63, 3.8) is 0 Å². The van der Waals surface area contributed by atoms with Crippen LogP contribution in [0.25, 0.3) is 16.4 Å². The van der Waals surface area contributed by atoms with Gasteiger partial charge in [0.25, 0.3) is 5.91 Å². The molecule has 0 fully saturated rings. The molecular weight excluding hydrogens is 382 g/mol. The zero-order valence-electron chi connectivity index (χ0n) is 17.1. The van der Waals surface area contributed by atoms with E-state index in [1.807, 2.05) is 12.3 Å². The van der Waals surface area contributed by atoms with Crippen molar-refractivity contribution in [3.8, 4) is 16.4 Å². The molecule has 0 saturated carbocycles. The lowest BCUT2D eigenvalue weighted by atomic mass is 10.1. The Kier molecular flexibility index (Phi) is 7.55. The van der Waals surface area contributed by atoms with Crippen LogP contribution in [0.3, 0.4) is 0 Å². The van der Waals surface area contributed by atoms with Crippen LogP contribution in [-0.4, -0.2) is 33.8 Å². The summed E-state index contributed by atoms with van der Waals surface area (Å²) in [5.41, 5.74) is 10.2. The summed E-state index contributed by atoms with van der Waals surface area (Å²) in [5, 5.41) is 10.3. The molecule has 0 radical (unpaired) electrons. The van der Waals surface area contributed by atoms with E-state index in [1.54, 1.807) is 10.9 Å².